The van der Waals surface area contributed by atoms with Crippen LogP contribution in [0.15, 0.2) is 64.7 Å². The van der Waals surface area contributed by atoms with Gasteiger partial charge in [-0.1, -0.05) is 12.1 Å². The molecule has 7 heteroatoms. The molecule has 0 saturated carbocycles. The van der Waals surface area contributed by atoms with Gasteiger partial charge in [-0.2, -0.15) is 0 Å². The van der Waals surface area contributed by atoms with E-state index in [-0.39, 0.29) is 5.91 Å². The minimum Gasteiger partial charge on any atom is -0.497 e. The monoisotopic (exact) mass is 434 g/mol. The maximum atomic E-state index is 12.4. The minimum absolute atomic E-state index is 0.241. The molecule has 2 heterocycles. The number of aromatic nitrogens is 1. The minimum atomic E-state index is -0.241. The molecule has 0 fully saturated rings. The van der Waals surface area contributed by atoms with E-state index < -0.39 is 0 Å². The summed E-state index contributed by atoms with van der Waals surface area (Å²) in [6.07, 6.45) is 4.93. The van der Waals surface area contributed by atoms with Crippen LogP contribution in [0.2, 0.25) is 0 Å². The van der Waals surface area contributed by atoms with Gasteiger partial charge in [0.1, 0.15) is 17.1 Å². The van der Waals surface area contributed by atoms with Crippen LogP contribution in [0.5, 0.6) is 11.5 Å². The number of hydrogen-bond donors (Lipinski definition) is 1. The van der Waals surface area contributed by atoms with Gasteiger partial charge in [0.15, 0.2) is 5.13 Å². The summed E-state index contributed by atoms with van der Waals surface area (Å²) in [5.41, 5.74) is 4.24. The van der Waals surface area contributed by atoms with Crippen LogP contribution in [0, 0.1) is 0 Å². The Morgan fingerprint density at radius 1 is 1.29 bits per heavy atom. The van der Waals surface area contributed by atoms with Crippen LogP contribution in [0.25, 0.3) is 27.7 Å². The second-order valence-corrected chi connectivity index (χ2v) is 7.71. The smallest absolute Gasteiger partial charge is 0.250 e. The number of methoxy groups -OCH3 is 1. The largest absolute Gasteiger partial charge is 0.497 e. The highest BCUT2D eigenvalue weighted by Crippen LogP contribution is 2.38. The van der Waals surface area contributed by atoms with E-state index in [1.54, 1.807) is 25.6 Å². The maximum absolute atomic E-state index is 12.4. The van der Waals surface area contributed by atoms with Crippen molar-refractivity contribution in [1.82, 2.24) is 4.98 Å². The summed E-state index contributed by atoms with van der Waals surface area (Å²) in [6, 6.07) is 11.7. The predicted octanol–water partition coefficient (Wildman–Crippen LogP) is 6.01. The molecule has 0 bridgehead atoms. The van der Waals surface area contributed by atoms with Gasteiger partial charge in [0, 0.05) is 40.2 Å². The van der Waals surface area contributed by atoms with E-state index in [2.05, 4.69) is 10.3 Å². The first-order valence-corrected chi connectivity index (χ1v) is 10.7. The molecule has 0 aliphatic heterocycles. The lowest BCUT2D eigenvalue weighted by Crippen LogP contribution is -2.08. The number of anilines is 1. The SMILES string of the molecule is CCOc1cc2occ(-c3cccc(OC)c3)c2cc1/C(C)=C/C(=O)Nc1nccs1. The number of hydrogen-bond acceptors (Lipinski definition) is 6. The summed E-state index contributed by atoms with van der Waals surface area (Å²) in [7, 11) is 1.64. The third-order valence-electron chi connectivity index (χ3n) is 4.79. The first-order chi connectivity index (χ1) is 15.1. The maximum Gasteiger partial charge on any atom is 0.250 e. The van der Waals surface area contributed by atoms with Crippen LogP contribution in [0.4, 0.5) is 5.13 Å². The molecule has 31 heavy (non-hydrogen) atoms. The van der Waals surface area contributed by atoms with E-state index in [9.17, 15) is 4.79 Å². The topological polar surface area (TPSA) is 73.6 Å². The number of thiazole rings is 1. The number of nitrogens with one attached hydrogen (secondary N) is 1. The number of amides is 1. The van der Waals surface area contributed by atoms with E-state index in [1.807, 2.05) is 55.6 Å². The highest BCUT2D eigenvalue weighted by Gasteiger charge is 2.16. The molecule has 0 radical (unpaired) electrons. The first kappa shape index (κ1) is 20.7. The average Bonchev–Trinajstić information content (AvgIpc) is 3.42. The first-order valence-electron chi connectivity index (χ1n) is 9.80. The summed E-state index contributed by atoms with van der Waals surface area (Å²) in [4.78, 5) is 16.5. The van der Waals surface area contributed by atoms with E-state index in [4.69, 9.17) is 13.9 Å². The number of carbonyl (C=O) groups is 1. The number of ether oxygens (including phenoxy) is 2. The molecule has 0 spiro atoms. The van der Waals surface area contributed by atoms with Gasteiger partial charge in [0.2, 0.25) is 5.91 Å². The molecule has 2 aromatic heterocycles. The van der Waals surface area contributed by atoms with Gasteiger partial charge < -0.3 is 13.9 Å². The van der Waals surface area contributed by atoms with Crippen LogP contribution in [0.1, 0.15) is 19.4 Å². The summed E-state index contributed by atoms with van der Waals surface area (Å²) in [5.74, 6) is 1.19. The van der Waals surface area contributed by atoms with Crippen LogP contribution in [-0.2, 0) is 4.79 Å². The quantitative estimate of drug-likeness (QED) is 0.361. The van der Waals surface area contributed by atoms with Crippen LogP contribution in [-0.4, -0.2) is 24.6 Å². The van der Waals surface area contributed by atoms with Crippen molar-refractivity contribution in [2.75, 3.05) is 19.0 Å². The van der Waals surface area contributed by atoms with Gasteiger partial charge in [-0.25, -0.2) is 4.98 Å². The van der Waals surface area contributed by atoms with Gasteiger partial charge in [0.05, 0.1) is 20.0 Å². The zero-order valence-electron chi connectivity index (χ0n) is 17.5. The van der Waals surface area contributed by atoms with Crippen LogP contribution < -0.4 is 14.8 Å². The Morgan fingerprint density at radius 3 is 2.90 bits per heavy atom. The van der Waals surface area contributed by atoms with Gasteiger partial charge in [0.25, 0.3) is 0 Å². The standard InChI is InChI=1S/C24H22N2O4S/c1-4-29-21-13-22-19(20(14-30-22)16-6-5-7-17(11-16)28-3)12-18(21)15(2)10-23(27)26-24-25-8-9-31-24/h5-14H,4H2,1-3H3,(H,25,26,27)/b15-10+. The lowest BCUT2D eigenvalue weighted by Gasteiger charge is -2.12. The average molecular weight is 435 g/mol. The number of fused-ring (bicyclic) bond motifs is 1. The van der Waals surface area contributed by atoms with Gasteiger partial charge >= 0.3 is 0 Å². The lowest BCUT2D eigenvalue weighted by atomic mass is 9.99. The van der Waals surface area contributed by atoms with E-state index >= 15 is 0 Å². The fourth-order valence-electron chi connectivity index (χ4n) is 3.35. The Balaban J connectivity index is 1.76. The third-order valence-corrected chi connectivity index (χ3v) is 5.48. The Hall–Kier alpha value is -3.58. The number of rotatable bonds is 7. The molecule has 0 aliphatic carbocycles. The Kier molecular flexibility index (Phi) is 6.04. The Bertz CT molecular complexity index is 1240. The molecule has 158 valence electrons. The van der Waals surface area contributed by atoms with Crippen molar-refractivity contribution < 1.29 is 18.7 Å². The molecule has 6 nitrogen and oxygen atoms in total. The van der Waals surface area contributed by atoms with Crippen LogP contribution >= 0.6 is 11.3 Å². The summed E-state index contributed by atoms with van der Waals surface area (Å²) in [6.45, 7) is 4.31. The van der Waals surface area contributed by atoms with Gasteiger partial charge in [-0.3, -0.25) is 10.1 Å². The molecular formula is C24H22N2O4S. The fraction of sp³-hybridized carbons (Fsp3) is 0.167. The van der Waals surface area contributed by atoms with Crippen molar-refractivity contribution in [2.45, 2.75) is 13.8 Å². The predicted molar refractivity (Wildman–Crippen MR) is 124 cm³/mol. The molecule has 4 rings (SSSR count). The molecule has 0 aliphatic rings. The van der Waals surface area contributed by atoms with E-state index in [0.29, 0.717) is 23.1 Å². The van der Waals surface area contributed by atoms with Gasteiger partial charge in [-0.05, 0) is 43.2 Å². The number of nitrogens with zero attached hydrogens (tertiary/aromatic N) is 1. The Morgan fingerprint density at radius 2 is 2.16 bits per heavy atom. The Labute approximate surface area is 184 Å². The van der Waals surface area contributed by atoms with Crippen molar-refractivity contribution in [3.63, 3.8) is 0 Å². The number of furan rings is 1. The number of carbonyl (C=O) groups excluding carboxylic acids is 1. The van der Waals surface area contributed by atoms with Crippen molar-refractivity contribution in [1.29, 1.82) is 0 Å². The fourth-order valence-corrected chi connectivity index (χ4v) is 3.89. The normalized spacial score (nSPS) is 11.5. The second kappa shape index (κ2) is 9.06. The summed E-state index contributed by atoms with van der Waals surface area (Å²) in [5, 5.41) is 6.08. The van der Waals surface area contributed by atoms with E-state index in [0.717, 1.165) is 33.4 Å². The van der Waals surface area contributed by atoms with Crippen molar-refractivity contribution >= 4 is 38.9 Å². The lowest BCUT2D eigenvalue weighted by molar-refractivity contribution is -0.111. The summed E-state index contributed by atoms with van der Waals surface area (Å²) < 4.78 is 17.0. The molecule has 1 amide bonds. The molecule has 0 saturated heterocycles. The summed E-state index contributed by atoms with van der Waals surface area (Å²) >= 11 is 1.37. The number of benzene rings is 2. The molecule has 2 aromatic carbocycles. The third kappa shape index (κ3) is 4.46. The van der Waals surface area contributed by atoms with Crippen molar-refractivity contribution in [2.24, 2.45) is 0 Å². The molecule has 4 aromatic rings. The zero-order valence-corrected chi connectivity index (χ0v) is 18.3. The molecular weight excluding hydrogens is 412 g/mol. The second-order valence-electron chi connectivity index (χ2n) is 6.81. The van der Waals surface area contributed by atoms with Crippen LogP contribution in [0.3, 0.4) is 0 Å². The van der Waals surface area contributed by atoms with Crippen molar-refractivity contribution in [3.8, 4) is 22.6 Å². The zero-order chi connectivity index (χ0) is 21.8. The molecule has 1 N–H and O–H groups in total. The highest BCUT2D eigenvalue weighted by atomic mass is 32.1. The molecule has 0 unspecified atom stereocenters. The molecule has 0 atom stereocenters. The van der Waals surface area contributed by atoms with Crippen molar-refractivity contribution in [3.05, 3.63) is 65.9 Å². The highest BCUT2D eigenvalue weighted by molar-refractivity contribution is 7.13. The van der Waals surface area contributed by atoms with Gasteiger partial charge in [-0.15, -0.1) is 11.3 Å². The number of allylic oxidation sites excluding steroid dienone is 1. The van der Waals surface area contributed by atoms with E-state index in [1.165, 1.54) is 11.3 Å².